The molecule has 7 heteroatoms. The average molecular weight is 317 g/mol. The second-order valence-electron chi connectivity index (χ2n) is 3.62. The maximum atomic E-state index is 12.2. The average Bonchev–Trinajstić information content (AvgIpc) is 2.38. The number of rotatable bonds is 6. The number of likely N-dealkylation sites (N-methyl/N-ethyl adjacent to an activating group) is 1. The molecule has 0 aliphatic rings. The second kappa shape index (κ2) is 7.30. The lowest BCUT2D eigenvalue weighted by Crippen LogP contribution is -2.31. The van der Waals surface area contributed by atoms with E-state index in [1.165, 1.54) is 0 Å². The largest absolute Gasteiger partial charge is 0.380 e. The van der Waals surface area contributed by atoms with E-state index in [1.807, 2.05) is 6.92 Å². The van der Waals surface area contributed by atoms with E-state index in [1.54, 1.807) is 24.2 Å². The van der Waals surface area contributed by atoms with Gasteiger partial charge in [-0.25, -0.2) is 10.8 Å². The number of pyridine rings is 1. The lowest BCUT2D eigenvalue weighted by atomic mass is 10.2. The van der Waals surface area contributed by atoms with Crippen LogP contribution in [0, 0.1) is 0 Å². The first-order chi connectivity index (χ1) is 8.60. The third kappa shape index (κ3) is 3.94. The number of nitrogens with two attached hydrogens (primary N) is 1. The zero-order chi connectivity index (χ0) is 13.5. The van der Waals surface area contributed by atoms with Crippen LogP contribution in [0.1, 0.15) is 17.3 Å². The molecule has 0 spiro atoms. The molecular weight excluding hydrogens is 300 g/mol. The first-order valence-corrected chi connectivity index (χ1v) is 6.34. The van der Waals surface area contributed by atoms with E-state index in [2.05, 4.69) is 26.3 Å². The highest BCUT2D eigenvalue weighted by atomic mass is 79.9. The summed E-state index contributed by atoms with van der Waals surface area (Å²) >= 11 is 3.28. The van der Waals surface area contributed by atoms with Crippen LogP contribution in [-0.4, -0.2) is 42.6 Å². The first-order valence-electron chi connectivity index (χ1n) is 5.55. The lowest BCUT2D eigenvalue weighted by molar-refractivity contribution is 0.0710. The maximum Gasteiger partial charge on any atom is 0.257 e. The Balaban J connectivity index is 2.79. The topological polar surface area (TPSA) is 80.5 Å². The van der Waals surface area contributed by atoms with Crippen molar-refractivity contribution in [2.24, 2.45) is 5.84 Å². The quantitative estimate of drug-likeness (QED) is 0.469. The third-order valence-electron chi connectivity index (χ3n) is 2.34. The minimum Gasteiger partial charge on any atom is -0.380 e. The van der Waals surface area contributed by atoms with Crippen LogP contribution in [0.15, 0.2) is 16.7 Å². The number of hydrogen-bond acceptors (Lipinski definition) is 5. The van der Waals surface area contributed by atoms with E-state index >= 15 is 0 Å². The van der Waals surface area contributed by atoms with Crippen LogP contribution in [0.4, 0.5) is 5.82 Å². The predicted octanol–water partition coefficient (Wildman–Crippen LogP) is 1.24. The van der Waals surface area contributed by atoms with Gasteiger partial charge in [0.15, 0.2) is 5.82 Å². The summed E-state index contributed by atoms with van der Waals surface area (Å²) in [5.74, 6) is 5.53. The predicted molar refractivity (Wildman–Crippen MR) is 73.2 cm³/mol. The van der Waals surface area contributed by atoms with Crippen molar-refractivity contribution in [3.63, 3.8) is 0 Å². The lowest BCUT2D eigenvalue weighted by Gasteiger charge is -2.18. The third-order valence-corrected chi connectivity index (χ3v) is 2.78. The Morgan fingerprint density at radius 2 is 2.39 bits per heavy atom. The number of nitrogens with one attached hydrogen (secondary N) is 1. The Bertz CT molecular complexity index is 414. The summed E-state index contributed by atoms with van der Waals surface area (Å²) in [5.41, 5.74) is 2.84. The molecule has 0 aliphatic heterocycles. The van der Waals surface area contributed by atoms with Gasteiger partial charge in [-0.3, -0.25) is 4.79 Å². The molecule has 3 N–H and O–H groups in total. The van der Waals surface area contributed by atoms with Gasteiger partial charge >= 0.3 is 0 Å². The Morgan fingerprint density at radius 1 is 1.67 bits per heavy atom. The molecule has 0 aromatic carbocycles. The van der Waals surface area contributed by atoms with Crippen LogP contribution >= 0.6 is 15.9 Å². The smallest absolute Gasteiger partial charge is 0.257 e. The molecule has 0 aliphatic carbocycles. The van der Waals surface area contributed by atoms with Crippen molar-refractivity contribution < 1.29 is 9.53 Å². The van der Waals surface area contributed by atoms with Crippen LogP contribution in [0.3, 0.4) is 0 Å². The minimum absolute atomic E-state index is 0.156. The Labute approximate surface area is 115 Å². The monoisotopic (exact) mass is 316 g/mol. The molecule has 1 heterocycles. The summed E-state index contributed by atoms with van der Waals surface area (Å²) in [6, 6.07) is 1.68. The van der Waals surface area contributed by atoms with E-state index < -0.39 is 0 Å². The highest BCUT2D eigenvalue weighted by Crippen LogP contribution is 2.18. The van der Waals surface area contributed by atoms with E-state index in [-0.39, 0.29) is 5.91 Å². The molecule has 1 rings (SSSR count). The van der Waals surface area contributed by atoms with Crippen molar-refractivity contribution in [3.05, 3.63) is 22.3 Å². The highest BCUT2D eigenvalue weighted by Gasteiger charge is 2.16. The van der Waals surface area contributed by atoms with Gasteiger partial charge in [-0.1, -0.05) is 0 Å². The molecule has 1 aromatic heterocycles. The second-order valence-corrected chi connectivity index (χ2v) is 4.53. The summed E-state index contributed by atoms with van der Waals surface area (Å²) in [6.45, 7) is 3.57. The molecule has 0 saturated carbocycles. The summed E-state index contributed by atoms with van der Waals surface area (Å²) in [6.07, 6.45) is 1.58. The zero-order valence-corrected chi connectivity index (χ0v) is 12.0. The van der Waals surface area contributed by atoms with Crippen molar-refractivity contribution in [2.45, 2.75) is 6.92 Å². The zero-order valence-electron chi connectivity index (χ0n) is 10.4. The fourth-order valence-electron chi connectivity index (χ4n) is 1.37. The molecule has 1 amide bonds. The molecule has 18 heavy (non-hydrogen) atoms. The standard InChI is InChI=1S/C11H17BrN4O2/c1-3-18-5-4-16(2)11(17)9-6-8(12)7-14-10(9)15-13/h6-7H,3-5,13H2,1-2H3,(H,14,15). The van der Waals surface area contributed by atoms with Crippen molar-refractivity contribution in [1.29, 1.82) is 0 Å². The molecule has 1 aromatic rings. The number of aromatic nitrogens is 1. The highest BCUT2D eigenvalue weighted by molar-refractivity contribution is 9.10. The molecule has 0 saturated heterocycles. The summed E-state index contributed by atoms with van der Waals surface area (Å²) in [5, 5.41) is 0. The van der Waals surface area contributed by atoms with E-state index in [9.17, 15) is 4.79 Å². The van der Waals surface area contributed by atoms with Crippen LogP contribution in [0.5, 0.6) is 0 Å². The molecule has 6 nitrogen and oxygen atoms in total. The minimum atomic E-state index is -0.156. The SMILES string of the molecule is CCOCCN(C)C(=O)c1cc(Br)cnc1NN. The number of ether oxygens (including phenoxy) is 1. The van der Waals surface area contributed by atoms with Gasteiger partial charge in [-0.05, 0) is 28.9 Å². The number of halogens is 1. The molecule has 0 unspecified atom stereocenters. The van der Waals surface area contributed by atoms with Crippen molar-refractivity contribution in [1.82, 2.24) is 9.88 Å². The Morgan fingerprint density at radius 3 is 3.00 bits per heavy atom. The van der Waals surface area contributed by atoms with E-state index in [0.29, 0.717) is 31.1 Å². The number of anilines is 1. The van der Waals surface area contributed by atoms with Crippen molar-refractivity contribution in [3.8, 4) is 0 Å². The Kier molecular flexibility index (Phi) is 6.03. The molecular formula is C11H17BrN4O2. The fourth-order valence-corrected chi connectivity index (χ4v) is 1.70. The van der Waals surface area contributed by atoms with Gasteiger partial charge in [-0.15, -0.1) is 0 Å². The maximum absolute atomic E-state index is 12.2. The van der Waals surface area contributed by atoms with Gasteiger partial charge in [0, 0.05) is 30.9 Å². The first kappa shape index (κ1) is 14.9. The number of nitrogen functional groups attached to an aromatic ring is 1. The van der Waals surface area contributed by atoms with Gasteiger partial charge in [0.2, 0.25) is 0 Å². The van der Waals surface area contributed by atoms with Gasteiger partial charge < -0.3 is 15.1 Å². The molecule has 100 valence electrons. The van der Waals surface area contributed by atoms with Crippen LogP contribution in [0.25, 0.3) is 0 Å². The van der Waals surface area contributed by atoms with Crippen LogP contribution < -0.4 is 11.3 Å². The summed E-state index contributed by atoms with van der Waals surface area (Å²) in [7, 11) is 1.71. The normalized spacial score (nSPS) is 10.2. The number of carbonyl (C=O) groups excluding carboxylic acids is 1. The molecule has 0 atom stereocenters. The molecule has 0 bridgehead atoms. The number of nitrogens with zero attached hydrogens (tertiary/aromatic N) is 2. The van der Waals surface area contributed by atoms with Gasteiger partial charge in [0.25, 0.3) is 5.91 Å². The molecule has 0 radical (unpaired) electrons. The van der Waals surface area contributed by atoms with Crippen LogP contribution in [0.2, 0.25) is 0 Å². The number of hydrogen-bond donors (Lipinski definition) is 2. The van der Waals surface area contributed by atoms with Gasteiger partial charge in [-0.2, -0.15) is 0 Å². The summed E-state index contributed by atoms with van der Waals surface area (Å²) < 4.78 is 5.94. The van der Waals surface area contributed by atoms with Crippen molar-refractivity contribution in [2.75, 3.05) is 32.2 Å². The van der Waals surface area contributed by atoms with E-state index in [4.69, 9.17) is 10.6 Å². The number of amides is 1. The van der Waals surface area contributed by atoms with Crippen LogP contribution in [-0.2, 0) is 4.74 Å². The number of carbonyl (C=O) groups is 1. The summed E-state index contributed by atoms with van der Waals surface area (Å²) in [4.78, 5) is 17.8. The molecule has 0 fully saturated rings. The van der Waals surface area contributed by atoms with Gasteiger partial charge in [0.05, 0.1) is 12.2 Å². The van der Waals surface area contributed by atoms with E-state index in [0.717, 1.165) is 4.47 Å². The number of hydrazine groups is 1. The Hall–Kier alpha value is -1.18. The fraction of sp³-hybridized carbons (Fsp3) is 0.455. The van der Waals surface area contributed by atoms with Crippen molar-refractivity contribution >= 4 is 27.7 Å². The van der Waals surface area contributed by atoms with Gasteiger partial charge in [0.1, 0.15) is 0 Å².